The molecule has 1 saturated carbocycles. The van der Waals surface area contributed by atoms with Crippen LogP contribution in [0.15, 0.2) is 42.0 Å². The quantitative estimate of drug-likeness (QED) is 0.210. The molecule has 102 valence electrons. The maximum atomic E-state index is 12.1. The van der Waals surface area contributed by atoms with Crippen LogP contribution in [-0.2, 0) is 4.79 Å². The summed E-state index contributed by atoms with van der Waals surface area (Å²) in [5.74, 6) is -1.07. The van der Waals surface area contributed by atoms with E-state index in [0.717, 1.165) is 31.3 Å². The molecule has 2 rings (SSSR count). The number of carbonyl (C=O) groups excluding carboxylic acids is 2. The van der Waals surface area contributed by atoms with Crippen molar-refractivity contribution in [2.75, 3.05) is 0 Å². The summed E-state index contributed by atoms with van der Waals surface area (Å²) in [6.07, 6.45) is 6.52. The van der Waals surface area contributed by atoms with Crippen molar-refractivity contribution in [2.24, 2.45) is 0 Å². The van der Waals surface area contributed by atoms with Crippen molar-refractivity contribution < 1.29 is 14.4 Å². The Balaban J connectivity index is 2.18. The van der Waals surface area contributed by atoms with Gasteiger partial charge in [0.15, 0.2) is 0 Å². The highest BCUT2D eigenvalue weighted by atomic mass is 16.1. The third-order valence-corrected chi connectivity index (χ3v) is 3.42. The number of hydrogen-bond acceptors (Lipinski definition) is 2. The lowest BCUT2D eigenvalue weighted by molar-refractivity contribution is -0.112. The van der Waals surface area contributed by atoms with Crippen LogP contribution in [0, 0.1) is 0 Å². The molecule has 1 aromatic carbocycles. The fraction of sp³-hybridized carbons (Fsp3) is 0.312. The van der Waals surface area contributed by atoms with Crippen molar-refractivity contribution >= 4 is 17.3 Å². The Bertz CT molecular complexity index is 588. The summed E-state index contributed by atoms with van der Waals surface area (Å²) in [5, 5.41) is 0. The third kappa shape index (κ3) is 3.37. The van der Waals surface area contributed by atoms with Crippen molar-refractivity contribution in [3.63, 3.8) is 0 Å². The first-order valence-corrected chi connectivity index (χ1v) is 6.78. The second-order valence-corrected chi connectivity index (χ2v) is 4.87. The zero-order valence-corrected chi connectivity index (χ0v) is 11.2. The number of hydrogen-bond donors (Lipinski definition) is 0. The molecular formula is C16H16N2O2. The molecule has 0 radical (unpaired) electrons. The van der Waals surface area contributed by atoms with Crippen LogP contribution >= 0.6 is 0 Å². The summed E-state index contributed by atoms with van der Waals surface area (Å²) in [5.41, 5.74) is 9.93. The average Bonchev–Trinajstić information content (AvgIpc) is 2.49. The van der Waals surface area contributed by atoms with Gasteiger partial charge < -0.3 is 5.53 Å². The smallest absolute Gasteiger partial charge is 0.360 e. The molecule has 1 aliphatic rings. The molecule has 0 spiro atoms. The second-order valence-electron chi connectivity index (χ2n) is 4.87. The average molecular weight is 268 g/mol. The van der Waals surface area contributed by atoms with Crippen LogP contribution in [0.5, 0.6) is 0 Å². The largest absolute Gasteiger partial charge is 0.409 e. The van der Waals surface area contributed by atoms with Gasteiger partial charge in [0.2, 0.25) is 0 Å². The molecule has 1 fully saturated rings. The molecule has 0 aliphatic heterocycles. The Kier molecular flexibility index (Phi) is 4.75. The van der Waals surface area contributed by atoms with E-state index in [9.17, 15) is 9.59 Å². The molecule has 20 heavy (non-hydrogen) atoms. The number of ketones is 2. The fourth-order valence-electron chi connectivity index (χ4n) is 2.34. The molecule has 4 nitrogen and oxygen atoms in total. The molecule has 0 aromatic heterocycles. The monoisotopic (exact) mass is 268 g/mol. The number of rotatable bonds is 4. The molecule has 1 aromatic rings. The van der Waals surface area contributed by atoms with Gasteiger partial charge in [0, 0.05) is 5.56 Å². The molecule has 0 saturated heterocycles. The predicted octanol–water partition coefficient (Wildman–Crippen LogP) is 3.00. The predicted molar refractivity (Wildman–Crippen MR) is 75.6 cm³/mol. The summed E-state index contributed by atoms with van der Waals surface area (Å²) in [7, 11) is 0. The SMILES string of the molecule is [N-]=[N+]=C(C(=O)C=C1CCCCC1)C(=O)c1ccccc1. The zero-order valence-electron chi connectivity index (χ0n) is 11.2. The first-order valence-electron chi connectivity index (χ1n) is 6.78. The highest BCUT2D eigenvalue weighted by Gasteiger charge is 2.29. The summed E-state index contributed by atoms with van der Waals surface area (Å²) in [6, 6.07) is 8.36. The molecule has 0 N–H and O–H groups in total. The van der Waals surface area contributed by atoms with E-state index in [-0.39, 0.29) is 0 Å². The minimum Gasteiger partial charge on any atom is -0.360 e. The van der Waals surface area contributed by atoms with Crippen molar-refractivity contribution in [1.29, 1.82) is 0 Å². The van der Waals surface area contributed by atoms with Gasteiger partial charge in [-0.3, -0.25) is 9.59 Å². The van der Waals surface area contributed by atoms with Crippen molar-refractivity contribution in [1.82, 2.24) is 0 Å². The van der Waals surface area contributed by atoms with E-state index in [1.165, 1.54) is 12.5 Å². The lowest BCUT2D eigenvalue weighted by Gasteiger charge is -2.12. The van der Waals surface area contributed by atoms with E-state index in [1.54, 1.807) is 30.3 Å². The minimum atomic E-state index is -0.550. The molecule has 0 heterocycles. The number of benzene rings is 1. The normalized spacial score (nSPS) is 14.3. The van der Waals surface area contributed by atoms with Gasteiger partial charge in [0.1, 0.15) is 0 Å². The molecule has 0 unspecified atom stereocenters. The van der Waals surface area contributed by atoms with Crippen LogP contribution in [0.1, 0.15) is 42.5 Å². The van der Waals surface area contributed by atoms with E-state index in [4.69, 9.17) is 5.53 Å². The second kappa shape index (κ2) is 6.73. The highest BCUT2D eigenvalue weighted by Crippen LogP contribution is 2.22. The van der Waals surface area contributed by atoms with Gasteiger partial charge in [-0.15, -0.1) is 0 Å². The van der Waals surface area contributed by atoms with Gasteiger partial charge in [-0.05, 0) is 31.8 Å². The Hall–Kier alpha value is -2.32. The lowest BCUT2D eigenvalue weighted by atomic mass is 9.93. The summed E-state index contributed by atoms with van der Waals surface area (Å²) in [6.45, 7) is 0. The molecule has 0 bridgehead atoms. The zero-order chi connectivity index (χ0) is 14.4. The Morgan fingerprint density at radius 2 is 1.70 bits per heavy atom. The summed E-state index contributed by atoms with van der Waals surface area (Å²) >= 11 is 0. The van der Waals surface area contributed by atoms with Crippen LogP contribution in [0.2, 0.25) is 0 Å². The number of carbonyl (C=O) groups is 2. The van der Waals surface area contributed by atoms with Crippen molar-refractivity contribution in [2.45, 2.75) is 32.1 Å². The van der Waals surface area contributed by atoms with E-state index in [1.807, 2.05) is 0 Å². The van der Waals surface area contributed by atoms with E-state index >= 15 is 0 Å². The fourth-order valence-corrected chi connectivity index (χ4v) is 2.34. The topological polar surface area (TPSA) is 70.5 Å². The van der Waals surface area contributed by atoms with Crippen LogP contribution < -0.4 is 0 Å². The van der Waals surface area contributed by atoms with Gasteiger partial charge in [0.25, 0.3) is 11.6 Å². The van der Waals surface area contributed by atoms with Crippen molar-refractivity contribution in [3.8, 4) is 0 Å². The van der Waals surface area contributed by atoms with Gasteiger partial charge in [0.05, 0.1) is 0 Å². The summed E-state index contributed by atoms with van der Waals surface area (Å²) in [4.78, 5) is 27.1. The molecular weight excluding hydrogens is 252 g/mol. The summed E-state index contributed by atoms with van der Waals surface area (Å²) < 4.78 is 0. The minimum absolute atomic E-state index is 0.343. The molecule has 0 atom stereocenters. The van der Waals surface area contributed by atoms with E-state index in [0.29, 0.717) is 5.56 Å². The van der Waals surface area contributed by atoms with Crippen LogP contribution in [0.25, 0.3) is 5.53 Å². The number of Topliss-reactive ketones (excluding diaryl/α,β-unsaturated/α-hetero) is 1. The standard InChI is InChI=1S/C16H16N2O2/c17-18-15(16(20)13-9-5-2-6-10-13)14(19)11-12-7-3-1-4-8-12/h2,5-6,9-11H,1,3-4,7-8H2. The van der Waals surface area contributed by atoms with Gasteiger partial charge >= 0.3 is 5.71 Å². The Morgan fingerprint density at radius 3 is 2.30 bits per heavy atom. The van der Waals surface area contributed by atoms with Crippen LogP contribution in [-0.4, -0.2) is 22.1 Å². The highest BCUT2D eigenvalue weighted by molar-refractivity contribution is 6.69. The molecule has 0 amide bonds. The van der Waals surface area contributed by atoms with E-state index in [2.05, 4.69) is 4.79 Å². The lowest BCUT2D eigenvalue weighted by Crippen LogP contribution is -2.24. The van der Waals surface area contributed by atoms with Gasteiger partial charge in [-0.25, -0.2) is 0 Å². The van der Waals surface area contributed by atoms with Crippen molar-refractivity contribution in [3.05, 3.63) is 53.1 Å². The molecule has 1 aliphatic carbocycles. The Labute approximate surface area is 117 Å². The number of nitrogens with zero attached hydrogens (tertiary/aromatic N) is 2. The third-order valence-electron chi connectivity index (χ3n) is 3.42. The molecule has 4 heteroatoms. The maximum absolute atomic E-state index is 12.1. The van der Waals surface area contributed by atoms with Crippen LogP contribution in [0.4, 0.5) is 0 Å². The van der Waals surface area contributed by atoms with E-state index < -0.39 is 17.3 Å². The first kappa shape index (κ1) is 14.1. The van der Waals surface area contributed by atoms with Crippen LogP contribution in [0.3, 0.4) is 0 Å². The Morgan fingerprint density at radius 1 is 1.05 bits per heavy atom. The van der Waals surface area contributed by atoms with Gasteiger partial charge in [-0.2, -0.15) is 4.79 Å². The maximum Gasteiger partial charge on any atom is 0.409 e. The van der Waals surface area contributed by atoms with Gasteiger partial charge in [-0.1, -0.05) is 42.3 Å². The first-order chi connectivity index (χ1) is 9.72. The number of allylic oxidation sites excluding steroid dienone is 2.